The second kappa shape index (κ2) is 10.3. The van der Waals surface area contributed by atoms with Crippen LogP contribution in [0.3, 0.4) is 0 Å². The highest BCUT2D eigenvalue weighted by atomic mass is 32.2. The Morgan fingerprint density at radius 2 is 2.06 bits per heavy atom. The normalized spacial score (nSPS) is 10.5. The molecular weight excluding hydrogens is 454 g/mol. The second-order valence-electron chi connectivity index (χ2n) is 6.29. The van der Waals surface area contributed by atoms with E-state index in [2.05, 4.69) is 27.2 Å². The van der Waals surface area contributed by atoms with E-state index in [1.807, 2.05) is 18.2 Å². The fourth-order valence-electron chi connectivity index (χ4n) is 2.64. The van der Waals surface area contributed by atoms with Gasteiger partial charge in [0.05, 0.1) is 5.75 Å². The highest BCUT2D eigenvalue weighted by Gasteiger charge is 2.21. The number of hydrogen-bond acceptors (Lipinski definition) is 7. The SMILES string of the molecule is C=CCn1c(C(=O)Nc2ccccc2)c(NC(=O)CSc2nc(C)cc(=O)[nH]2)sc1=S. The lowest BCUT2D eigenvalue weighted by atomic mass is 10.3. The van der Waals surface area contributed by atoms with Gasteiger partial charge in [-0.25, -0.2) is 4.98 Å². The minimum Gasteiger partial charge on any atom is -0.321 e. The van der Waals surface area contributed by atoms with Gasteiger partial charge in [-0.15, -0.1) is 6.58 Å². The first-order valence-corrected chi connectivity index (χ1v) is 11.3. The third kappa shape index (κ3) is 6.00. The first-order chi connectivity index (χ1) is 14.9. The number of para-hydroxylation sites is 1. The summed E-state index contributed by atoms with van der Waals surface area (Å²) in [5.41, 5.74) is 1.15. The number of aromatic nitrogens is 3. The van der Waals surface area contributed by atoms with E-state index in [0.29, 0.717) is 32.0 Å². The van der Waals surface area contributed by atoms with E-state index in [4.69, 9.17) is 12.2 Å². The van der Waals surface area contributed by atoms with E-state index in [0.717, 1.165) is 23.1 Å². The lowest BCUT2D eigenvalue weighted by Crippen LogP contribution is -2.21. The average molecular weight is 474 g/mol. The smallest absolute Gasteiger partial charge is 0.275 e. The van der Waals surface area contributed by atoms with E-state index in [-0.39, 0.29) is 22.9 Å². The van der Waals surface area contributed by atoms with Crippen LogP contribution < -0.4 is 16.2 Å². The molecule has 0 aliphatic carbocycles. The van der Waals surface area contributed by atoms with E-state index in [1.54, 1.807) is 29.7 Å². The molecule has 11 heteroatoms. The molecule has 0 spiro atoms. The molecule has 0 radical (unpaired) electrons. The number of H-pyrrole nitrogens is 1. The van der Waals surface area contributed by atoms with Crippen molar-refractivity contribution in [1.29, 1.82) is 0 Å². The van der Waals surface area contributed by atoms with Crippen molar-refractivity contribution in [3.05, 3.63) is 74.7 Å². The largest absolute Gasteiger partial charge is 0.321 e. The molecule has 31 heavy (non-hydrogen) atoms. The molecule has 0 aliphatic rings. The van der Waals surface area contributed by atoms with Crippen molar-refractivity contribution in [2.75, 3.05) is 16.4 Å². The number of benzene rings is 1. The molecule has 0 saturated heterocycles. The molecule has 0 bridgehead atoms. The number of thiazole rings is 1. The van der Waals surface area contributed by atoms with Crippen LogP contribution >= 0.6 is 35.3 Å². The summed E-state index contributed by atoms with van der Waals surface area (Å²) in [6, 6.07) is 10.4. The van der Waals surface area contributed by atoms with Gasteiger partial charge in [0.2, 0.25) is 5.91 Å². The predicted molar refractivity (Wildman–Crippen MR) is 127 cm³/mol. The van der Waals surface area contributed by atoms with E-state index < -0.39 is 5.91 Å². The molecule has 0 saturated carbocycles. The lowest BCUT2D eigenvalue weighted by Gasteiger charge is -2.10. The lowest BCUT2D eigenvalue weighted by molar-refractivity contribution is -0.113. The van der Waals surface area contributed by atoms with Gasteiger partial charge in [0, 0.05) is 24.0 Å². The van der Waals surface area contributed by atoms with E-state index >= 15 is 0 Å². The van der Waals surface area contributed by atoms with E-state index in [9.17, 15) is 14.4 Å². The standard InChI is InChI=1S/C20H19N5O3S3/c1-3-9-25-16(17(28)22-13-7-5-4-6-8-13)18(31-20(25)29)23-15(27)11-30-19-21-12(2)10-14(26)24-19/h3-8,10H,1,9,11H2,2H3,(H,22,28)(H,23,27)(H,21,24,26). The number of nitrogens with one attached hydrogen (secondary N) is 3. The number of amides is 2. The topological polar surface area (TPSA) is 109 Å². The van der Waals surface area contributed by atoms with E-state index in [1.165, 1.54) is 6.07 Å². The van der Waals surface area contributed by atoms with Crippen molar-refractivity contribution < 1.29 is 9.59 Å². The molecule has 3 aromatic rings. The van der Waals surface area contributed by atoms with Crippen LogP contribution in [-0.4, -0.2) is 32.1 Å². The van der Waals surface area contributed by atoms with Crippen LogP contribution in [0.2, 0.25) is 0 Å². The van der Waals surface area contributed by atoms with Gasteiger partial charge in [-0.3, -0.25) is 14.4 Å². The van der Waals surface area contributed by atoms with Gasteiger partial charge < -0.3 is 20.2 Å². The summed E-state index contributed by atoms with van der Waals surface area (Å²) in [5, 5.41) is 6.26. The summed E-state index contributed by atoms with van der Waals surface area (Å²) in [7, 11) is 0. The minimum absolute atomic E-state index is 0.00173. The summed E-state index contributed by atoms with van der Waals surface area (Å²) < 4.78 is 2.05. The Bertz CT molecular complexity index is 1230. The van der Waals surface area contributed by atoms with Gasteiger partial charge in [-0.1, -0.05) is 47.4 Å². The number of carbonyl (C=O) groups is 2. The Balaban J connectivity index is 1.79. The fraction of sp³-hybridized carbons (Fsp3) is 0.150. The van der Waals surface area contributed by atoms with Gasteiger partial charge >= 0.3 is 0 Å². The van der Waals surface area contributed by atoms with Crippen molar-refractivity contribution in [3.8, 4) is 0 Å². The number of allylic oxidation sites excluding steroid dienone is 1. The molecule has 2 amide bonds. The van der Waals surface area contributed by atoms with Crippen LogP contribution in [0.4, 0.5) is 10.7 Å². The molecular formula is C20H19N5O3S3. The third-order valence-corrected chi connectivity index (χ3v) is 6.13. The Kier molecular flexibility index (Phi) is 7.55. The van der Waals surface area contributed by atoms with Crippen LogP contribution in [0, 0.1) is 10.9 Å². The zero-order valence-corrected chi connectivity index (χ0v) is 19.0. The molecule has 3 N–H and O–H groups in total. The average Bonchev–Trinajstić information content (AvgIpc) is 3.01. The molecule has 1 aromatic carbocycles. The molecule has 2 aromatic heterocycles. The third-order valence-electron chi connectivity index (χ3n) is 3.89. The minimum atomic E-state index is -0.395. The Morgan fingerprint density at radius 1 is 1.32 bits per heavy atom. The maximum absolute atomic E-state index is 13.0. The highest BCUT2D eigenvalue weighted by molar-refractivity contribution is 7.99. The van der Waals surface area contributed by atoms with Crippen molar-refractivity contribution in [1.82, 2.24) is 14.5 Å². The summed E-state index contributed by atoms with van der Waals surface area (Å²) in [6.45, 7) is 5.73. The van der Waals surface area contributed by atoms with Crippen molar-refractivity contribution in [2.24, 2.45) is 0 Å². The zero-order valence-electron chi connectivity index (χ0n) is 16.5. The van der Waals surface area contributed by atoms with Crippen molar-refractivity contribution in [3.63, 3.8) is 0 Å². The number of nitrogens with zero attached hydrogens (tertiary/aromatic N) is 2. The van der Waals surface area contributed by atoms with Crippen LogP contribution in [-0.2, 0) is 11.3 Å². The molecule has 8 nitrogen and oxygen atoms in total. The molecule has 2 heterocycles. The van der Waals surface area contributed by atoms with Crippen molar-refractivity contribution in [2.45, 2.75) is 18.6 Å². The highest BCUT2D eigenvalue weighted by Crippen LogP contribution is 2.27. The fourth-order valence-corrected chi connectivity index (χ4v) is 4.69. The van der Waals surface area contributed by atoms with Gasteiger partial charge in [0.25, 0.3) is 11.5 Å². The maximum Gasteiger partial charge on any atom is 0.275 e. The molecule has 160 valence electrons. The number of carbonyl (C=O) groups excluding carboxylic acids is 2. The quantitative estimate of drug-likeness (QED) is 0.199. The predicted octanol–water partition coefficient (Wildman–Crippen LogP) is 3.84. The molecule has 0 unspecified atom stereocenters. The number of anilines is 2. The molecule has 0 atom stereocenters. The van der Waals surface area contributed by atoms with Gasteiger partial charge in [-0.05, 0) is 31.3 Å². The van der Waals surface area contributed by atoms with Crippen LogP contribution in [0.15, 0.2) is 59.0 Å². The van der Waals surface area contributed by atoms with Crippen LogP contribution in [0.25, 0.3) is 0 Å². The Labute approximate surface area is 191 Å². The number of aryl methyl sites for hydroxylation is 1. The van der Waals surface area contributed by atoms with Gasteiger partial charge in [-0.2, -0.15) is 0 Å². The maximum atomic E-state index is 13.0. The van der Waals surface area contributed by atoms with Gasteiger partial charge in [0.15, 0.2) is 9.11 Å². The summed E-state index contributed by atoms with van der Waals surface area (Å²) in [6.07, 6.45) is 1.63. The first-order valence-electron chi connectivity index (χ1n) is 9.09. The molecule has 3 rings (SSSR count). The second-order valence-corrected chi connectivity index (χ2v) is 8.90. The molecule has 0 aliphatic heterocycles. The number of rotatable bonds is 8. The van der Waals surface area contributed by atoms with Gasteiger partial charge in [0.1, 0.15) is 10.7 Å². The Hall–Kier alpha value is -3.02. The molecule has 0 fully saturated rings. The Morgan fingerprint density at radius 3 is 2.74 bits per heavy atom. The van der Waals surface area contributed by atoms with Crippen molar-refractivity contribution >= 4 is 57.8 Å². The number of hydrogen-bond donors (Lipinski definition) is 3. The number of aromatic amines is 1. The summed E-state index contributed by atoms with van der Waals surface area (Å²) in [5.74, 6) is -0.754. The van der Waals surface area contributed by atoms with Crippen LogP contribution in [0.5, 0.6) is 0 Å². The summed E-state index contributed by atoms with van der Waals surface area (Å²) in [4.78, 5) is 43.8. The zero-order chi connectivity index (χ0) is 22.4. The monoisotopic (exact) mass is 473 g/mol. The summed E-state index contributed by atoms with van der Waals surface area (Å²) >= 11 is 7.60. The number of thioether (sulfide) groups is 1. The first kappa shape index (κ1) is 22.7. The van der Waals surface area contributed by atoms with Crippen LogP contribution in [0.1, 0.15) is 16.2 Å².